The first-order chi connectivity index (χ1) is 12.1. The van der Waals surface area contributed by atoms with Crippen molar-refractivity contribution in [2.45, 2.75) is 19.4 Å². The minimum atomic E-state index is -0.116. The third-order valence-corrected chi connectivity index (χ3v) is 5.25. The van der Waals surface area contributed by atoms with Crippen LogP contribution in [0.25, 0.3) is 33.5 Å². The maximum atomic E-state index is 12.9. The third-order valence-electron chi connectivity index (χ3n) is 4.70. The summed E-state index contributed by atoms with van der Waals surface area (Å²) in [5.41, 5.74) is 3.48. The van der Waals surface area contributed by atoms with Gasteiger partial charge in [0.2, 0.25) is 5.89 Å². The van der Waals surface area contributed by atoms with Crippen molar-refractivity contribution in [3.8, 4) is 11.5 Å². The predicted molar refractivity (Wildman–Crippen MR) is 99.6 cm³/mol. The zero-order chi connectivity index (χ0) is 17.1. The summed E-state index contributed by atoms with van der Waals surface area (Å²) in [6.07, 6.45) is 1.91. The van der Waals surface area contributed by atoms with Crippen molar-refractivity contribution in [2.75, 3.05) is 0 Å². The van der Waals surface area contributed by atoms with Gasteiger partial charge in [-0.15, -0.1) is 0 Å². The molecule has 2 aromatic heterocycles. The van der Waals surface area contributed by atoms with E-state index in [-0.39, 0.29) is 5.56 Å². The highest BCUT2D eigenvalue weighted by molar-refractivity contribution is 6.36. The van der Waals surface area contributed by atoms with Gasteiger partial charge in [0.05, 0.1) is 16.1 Å². The van der Waals surface area contributed by atoms with Gasteiger partial charge in [0.25, 0.3) is 5.56 Å². The Bertz CT molecular complexity index is 1220. The first kappa shape index (κ1) is 15.0. The summed E-state index contributed by atoms with van der Waals surface area (Å²) in [6, 6.07) is 11.1. The van der Waals surface area contributed by atoms with Crippen LogP contribution in [0.1, 0.15) is 12.0 Å². The monoisotopic (exact) mass is 370 g/mol. The number of pyridine rings is 1. The van der Waals surface area contributed by atoms with Crippen LogP contribution in [0.2, 0.25) is 10.0 Å². The SMILES string of the molecule is O=c1c2nc(-c3ccc(Cl)cc3Cl)oc2c2cccc3c2n1CCC3. The number of aryl methyl sites for hydroxylation is 2. The molecule has 2 aromatic carbocycles. The van der Waals surface area contributed by atoms with E-state index in [4.69, 9.17) is 27.6 Å². The average Bonchev–Trinajstić information content (AvgIpc) is 3.05. The van der Waals surface area contributed by atoms with E-state index in [1.54, 1.807) is 18.2 Å². The highest BCUT2D eigenvalue weighted by Gasteiger charge is 2.22. The largest absolute Gasteiger partial charge is 0.435 e. The van der Waals surface area contributed by atoms with Crippen LogP contribution < -0.4 is 5.56 Å². The van der Waals surface area contributed by atoms with Gasteiger partial charge in [-0.2, -0.15) is 0 Å². The molecule has 0 saturated carbocycles. The summed E-state index contributed by atoms with van der Waals surface area (Å²) in [5.74, 6) is 0.331. The number of hydrogen-bond acceptors (Lipinski definition) is 3. The van der Waals surface area contributed by atoms with Crippen LogP contribution in [0.3, 0.4) is 0 Å². The van der Waals surface area contributed by atoms with E-state index in [2.05, 4.69) is 11.1 Å². The topological polar surface area (TPSA) is 48.0 Å². The molecular formula is C19H12Cl2N2O2. The molecule has 1 aliphatic rings. The second kappa shape index (κ2) is 5.35. The molecule has 3 heterocycles. The van der Waals surface area contributed by atoms with Crippen molar-refractivity contribution in [1.82, 2.24) is 9.55 Å². The molecule has 0 aliphatic carbocycles. The Hall–Kier alpha value is -2.30. The normalized spacial score (nSPS) is 13.7. The van der Waals surface area contributed by atoms with E-state index in [1.807, 2.05) is 16.7 Å². The molecule has 1 aliphatic heterocycles. The molecule has 6 heteroatoms. The molecular weight excluding hydrogens is 359 g/mol. The molecule has 5 rings (SSSR count). The lowest BCUT2D eigenvalue weighted by atomic mass is 10.0. The van der Waals surface area contributed by atoms with Crippen LogP contribution in [0, 0.1) is 0 Å². The molecule has 4 nitrogen and oxygen atoms in total. The van der Waals surface area contributed by atoms with Gasteiger partial charge in [-0.3, -0.25) is 4.79 Å². The van der Waals surface area contributed by atoms with Gasteiger partial charge in [0.1, 0.15) is 0 Å². The van der Waals surface area contributed by atoms with Crippen LogP contribution in [-0.4, -0.2) is 9.55 Å². The number of fused-ring (bicyclic) bond motifs is 2. The molecule has 0 N–H and O–H groups in total. The minimum absolute atomic E-state index is 0.116. The van der Waals surface area contributed by atoms with Crippen molar-refractivity contribution in [2.24, 2.45) is 0 Å². The van der Waals surface area contributed by atoms with Crippen molar-refractivity contribution in [1.29, 1.82) is 0 Å². The van der Waals surface area contributed by atoms with Crippen molar-refractivity contribution in [3.63, 3.8) is 0 Å². The summed E-state index contributed by atoms with van der Waals surface area (Å²) in [5, 5.41) is 1.89. The number of benzene rings is 2. The van der Waals surface area contributed by atoms with E-state index < -0.39 is 0 Å². The van der Waals surface area contributed by atoms with E-state index >= 15 is 0 Å². The van der Waals surface area contributed by atoms with Crippen LogP contribution >= 0.6 is 23.2 Å². The number of oxazole rings is 1. The molecule has 0 radical (unpaired) electrons. The standard InChI is InChI=1S/C19H12Cl2N2O2/c20-11-6-7-12(14(21)9-11)18-22-15-17(25-18)13-5-1-3-10-4-2-8-23(16(10)13)19(15)24/h1,3,5-7,9H,2,4,8H2. The molecule has 124 valence electrons. The molecule has 0 unspecified atom stereocenters. The predicted octanol–water partition coefficient (Wildman–Crippen LogP) is 5.06. The molecule has 0 fully saturated rings. The van der Waals surface area contributed by atoms with Gasteiger partial charge in [-0.05, 0) is 42.7 Å². The van der Waals surface area contributed by atoms with Crippen molar-refractivity contribution >= 4 is 45.2 Å². The Balaban J connectivity index is 1.89. The van der Waals surface area contributed by atoms with Gasteiger partial charge in [0, 0.05) is 17.0 Å². The van der Waals surface area contributed by atoms with Crippen LogP contribution in [0.15, 0.2) is 45.6 Å². The van der Waals surface area contributed by atoms with E-state index in [0.717, 1.165) is 23.7 Å². The molecule has 0 saturated heterocycles. The van der Waals surface area contributed by atoms with Gasteiger partial charge >= 0.3 is 0 Å². The maximum Gasteiger partial charge on any atom is 0.280 e. The Morgan fingerprint density at radius 3 is 2.88 bits per heavy atom. The Morgan fingerprint density at radius 2 is 2.04 bits per heavy atom. The lowest BCUT2D eigenvalue weighted by Crippen LogP contribution is -2.24. The molecule has 0 spiro atoms. The van der Waals surface area contributed by atoms with E-state index in [0.29, 0.717) is 39.1 Å². The maximum absolute atomic E-state index is 12.9. The summed E-state index contributed by atoms with van der Waals surface area (Å²) in [7, 11) is 0. The zero-order valence-corrected chi connectivity index (χ0v) is 14.6. The Labute approximate surface area is 152 Å². The van der Waals surface area contributed by atoms with Gasteiger partial charge in [-0.25, -0.2) is 4.98 Å². The third kappa shape index (κ3) is 2.14. The molecule has 0 bridgehead atoms. The Kier molecular flexibility index (Phi) is 3.21. The van der Waals surface area contributed by atoms with E-state index in [1.165, 1.54) is 5.56 Å². The zero-order valence-electron chi connectivity index (χ0n) is 13.1. The summed E-state index contributed by atoms with van der Waals surface area (Å²) in [6.45, 7) is 0.701. The second-order valence-corrected chi connectivity index (χ2v) is 7.04. The number of para-hydroxylation sites is 1. The van der Waals surface area contributed by atoms with E-state index in [9.17, 15) is 4.79 Å². The van der Waals surface area contributed by atoms with Crippen LogP contribution in [0.4, 0.5) is 0 Å². The molecule has 25 heavy (non-hydrogen) atoms. The highest BCUT2D eigenvalue weighted by atomic mass is 35.5. The first-order valence-electron chi connectivity index (χ1n) is 8.04. The second-order valence-electron chi connectivity index (χ2n) is 6.19. The number of rotatable bonds is 1. The highest BCUT2D eigenvalue weighted by Crippen LogP contribution is 2.34. The van der Waals surface area contributed by atoms with Crippen molar-refractivity contribution < 1.29 is 4.42 Å². The number of halogens is 2. The first-order valence-corrected chi connectivity index (χ1v) is 8.79. The van der Waals surface area contributed by atoms with Gasteiger partial charge in [-0.1, -0.05) is 35.3 Å². The molecule has 4 aromatic rings. The summed E-state index contributed by atoms with van der Waals surface area (Å²) in [4.78, 5) is 17.4. The summed E-state index contributed by atoms with van der Waals surface area (Å²) < 4.78 is 7.81. The lowest BCUT2D eigenvalue weighted by molar-refractivity contribution is 0.611. The Morgan fingerprint density at radius 1 is 1.16 bits per heavy atom. The number of aromatic nitrogens is 2. The fraction of sp³-hybridized carbons (Fsp3) is 0.158. The number of hydrogen-bond donors (Lipinski definition) is 0. The number of nitrogens with zero attached hydrogens (tertiary/aromatic N) is 2. The van der Waals surface area contributed by atoms with Crippen LogP contribution in [0.5, 0.6) is 0 Å². The van der Waals surface area contributed by atoms with Crippen LogP contribution in [-0.2, 0) is 13.0 Å². The summed E-state index contributed by atoms with van der Waals surface area (Å²) >= 11 is 12.2. The molecule has 0 atom stereocenters. The fourth-order valence-corrected chi connectivity index (χ4v) is 4.08. The molecule has 0 amide bonds. The smallest absolute Gasteiger partial charge is 0.280 e. The van der Waals surface area contributed by atoms with Crippen molar-refractivity contribution in [3.05, 3.63) is 62.4 Å². The average molecular weight is 371 g/mol. The van der Waals surface area contributed by atoms with Gasteiger partial charge in [0.15, 0.2) is 11.1 Å². The fourth-order valence-electron chi connectivity index (χ4n) is 3.59. The lowest BCUT2D eigenvalue weighted by Gasteiger charge is -2.18. The quantitative estimate of drug-likeness (QED) is 0.470. The van der Waals surface area contributed by atoms with Gasteiger partial charge < -0.3 is 8.98 Å². The minimum Gasteiger partial charge on any atom is -0.435 e.